The number of esters is 7. The lowest BCUT2D eigenvalue weighted by Crippen LogP contribution is -2.67. The van der Waals surface area contributed by atoms with Crippen molar-refractivity contribution < 1.29 is 95.1 Å². The molecule has 11 atom stereocenters. The van der Waals surface area contributed by atoms with Crippen molar-refractivity contribution in [1.29, 1.82) is 0 Å². The summed E-state index contributed by atoms with van der Waals surface area (Å²) in [5.41, 5.74) is 0. The molecule has 2 rings (SSSR count). The number of methoxy groups -OCH3 is 1. The van der Waals surface area contributed by atoms with Crippen molar-refractivity contribution >= 4 is 41.8 Å². The van der Waals surface area contributed by atoms with E-state index < -0.39 is 123 Å². The summed E-state index contributed by atoms with van der Waals surface area (Å²) in [5, 5.41) is 0. The molecule has 2 aliphatic rings. The highest BCUT2D eigenvalue weighted by Crippen LogP contribution is 2.36. The smallest absolute Gasteiger partial charge is 0.303 e. The summed E-state index contributed by atoms with van der Waals surface area (Å²) in [5.74, 6) is -5.84. The molecule has 20 nitrogen and oxygen atoms in total. The number of hydrogen-bond acceptors (Lipinski definition) is 20. The summed E-state index contributed by atoms with van der Waals surface area (Å²) in [6.45, 7) is 9.21. The van der Waals surface area contributed by atoms with Crippen LogP contribution < -0.4 is 0 Å². The minimum atomic E-state index is -1.80. The molecule has 0 aromatic carbocycles. The van der Waals surface area contributed by atoms with E-state index in [1.54, 1.807) is 0 Å². The summed E-state index contributed by atoms with van der Waals surface area (Å²) >= 11 is 0. The topological polar surface area (TPSA) is 239 Å². The van der Waals surface area contributed by atoms with E-state index >= 15 is 0 Å². The first-order valence-corrected chi connectivity index (χ1v) is 23.3. The normalized spacial score (nSPS) is 25.5. The second-order valence-electron chi connectivity index (χ2n) is 16.5. The van der Waals surface area contributed by atoms with E-state index in [1.165, 1.54) is 77.7 Å². The Bertz CT molecular complexity index is 1470. The zero-order chi connectivity index (χ0) is 49.0. The summed E-state index contributed by atoms with van der Waals surface area (Å²) in [6, 6.07) is 0. The van der Waals surface area contributed by atoms with Gasteiger partial charge in [0.15, 0.2) is 43.1 Å². The molecule has 2 heterocycles. The summed E-state index contributed by atoms with van der Waals surface area (Å²) < 4.78 is 74.8. The summed E-state index contributed by atoms with van der Waals surface area (Å²) in [4.78, 5) is 86.7. The number of hydrogen-bond donors (Lipinski definition) is 0. The number of carbonyl (C=O) groups excluding carboxylic acids is 7. The highest BCUT2D eigenvalue weighted by atomic mass is 16.8. The minimum absolute atomic E-state index is 0.152. The Morgan fingerprint density at radius 3 is 1.26 bits per heavy atom. The van der Waals surface area contributed by atoms with Gasteiger partial charge >= 0.3 is 41.8 Å². The molecule has 20 heteroatoms. The van der Waals surface area contributed by atoms with Crippen molar-refractivity contribution in [2.75, 3.05) is 40.1 Å². The van der Waals surface area contributed by atoms with Crippen molar-refractivity contribution in [2.24, 2.45) is 0 Å². The average molecular weight is 949 g/mol. The van der Waals surface area contributed by atoms with Crippen LogP contribution in [0.4, 0.5) is 0 Å². The first-order chi connectivity index (χ1) is 31.5. The van der Waals surface area contributed by atoms with Crippen molar-refractivity contribution in [3.8, 4) is 0 Å². The van der Waals surface area contributed by atoms with Crippen LogP contribution >= 0.6 is 0 Å². The van der Waals surface area contributed by atoms with Gasteiger partial charge in [0.05, 0.1) is 13.2 Å². The van der Waals surface area contributed by atoms with Gasteiger partial charge in [-0.1, -0.05) is 90.4 Å². The Labute approximate surface area is 389 Å². The molecule has 0 bridgehead atoms. The Morgan fingerprint density at radius 2 is 0.818 bits per heavy atom. The molecule has 2 fully saturated rings. The van der Waals surface area contributed by atoms with Gasteiger partial charge in [0.25, 0.3) is 0 Å². The molecule has 0 aromatic heterocycles. The van der Waals surface area contributed by atoms with Gasteiger partial charge in [0.2, 0.25) is 0 Å². The Balaban J connectivity index is 2.26. The van der Waals surface area contributed by atoms with Crippen LogP contribution in [0.25, 0.3) is 0 Å². The third-order valence-electron chi connectivity index (χ3n) is 10.6. The molecule has 0 amide bonds. The fourth-order valence-electron chi connectivity index (χ4n) is 7.61. The zero-order valence-corrected chi connectivity index (χ0v) is 40.5. The lowest BCUT2D eigenvalue weighted by atomic mass is 9.96. The molecule has 0 saturated carbocycles. The highest BCUT2D eigenvalue weighted by molar-refractivity contribution is 5.69. The maximum atomic E-state index is 12.8. The van der Waals surface area contributed by atoms with E-state index in [-0.39, 0.29) is 13.2 Å². The van der Waals surface area contributed by atoms with E-state index in [0.29, 0.717) is 6.61 Å². The molecule has 0 spiro atoms. The average Bonchev–Trinajstić information content (AvgIpc) is 3.23. The third-order valence-corrected chi connectivity index (χ3v) is 10.6. The van der Waals surface area contributed by atoms with Crippen LogP contribution in [0.1, 0.15) is 145 Å². The van der Waals surface area contributed by atoms with Crippen LogP contribution in [0, 0.1) is 0 Å². The SMILES string of the molecule is CCCCCCCCCCCCCCCCOC[C@H](CO[C@@H]1O[C@H](COC(C)=O)[C@@H](O[C@H]2O[C@H](COC(C)=O)[C@@H](OC(C)=O)[C@H](OC(C)=O)[C@H]2OC(C)=O)[C@H](OC(C)=O)[C@H]1OC(C)=O)OC. The number of unbranched alkanes of at least 4 members (excludes halogenated alkanes) is 13. The van der Waals surface area contributed by atoms with Gasteiger partial charge in [-0.3, -0.25) is 33.6 Å². The molecule has 2 aliphatic heterocycles. The molecule has 66 heavy (non-hydrogen) atoms. The van der Waals surface area contributed by atoms with Gasteiger partial charge in [-0.05, 0) is 6.42 Å². The first kappa shape index (κ1) is 58.2. The zero-order valence-electron chi connectivity index (χ0n) is 40.5. The van der Waals surface area contributed by atoms with Gasteiger partial charge in [0.1, 0.15) is 37.6 Å². The minimum Gasteiger partial charge on any atom is -0.463 e. The van der Waals surface area contributed by atoms with E-state index in [2.05, 4.69) is 6.92 Å². The Kier molecular flexibility index (Phi) is 28.8. The van der Waals surface area contributed by atoms with E-state index in [0.717, 1.165) is 67.7 Å². The van der Waals surface area contributed by atoms with Crippen LogP contribution in [0.5, 0.6) is 0 Å². The van der Waals surface area contributed by atoms with Gasteiger partial charge in [0, 0.05) is 62.2 Å². The fourth-order valence-corrected chi connectivity index (χ4v) is 7.61. The van der Waals surface area contributed by atoms with E-state index in [9.17, 15) is 33.6 Å². The van der Waals surface area contributed by atoms with E-state index in [1.807, 2.05) is 0 Å². The molecule has 380 valence electrons. The van der Waals surface area contributed by atoms with Crippen LogP contribution in [-0.2, 0) is 95.1 Å². The monoisotopic (exact) mass is 948 g/mol. The summed E-state index contributed by atoms with van der Waals surface area (Å²) in [6.07, 6.45) is 1.04. The van der Waals surface area contributed by atoms with Crippen LogP contribution in [0.2, 0.25) is 0 Å². The molecule has 0 radical (unpaired) electrons. The van der Waals surface area contributed by atoms with Gasteiger partial charge in [-0.15, -0.1) is 0 Å². The second kappa shape index (κ2) is 32.7. The molecule has 0 N–H and O–H groups in total. The standard InChI is InChI=1S/C46H76O20/c1-10-11-12-13-14-15-16-17-18-19-20-21-22-23-24-55-25-36(54-9)26-58-45-43(62-34(7)52)42(61-33(6)51)40(38(64-45)28-57-30(3)48)66-46-44(63-35(8)53)41(60-32(5)50)39(59-31(4)49)37(65-46)27-56-29(2)47/h36-46H,10-28H2,1-9H3/t36-,37-,38-,39-,40-,41+,42+,43-,44-,45-,46-/m1/s1. The molecule has 0 aromatic rings. The van der Waals surface area contributed by atoms with Crippen molar-refractivity contribution in [1.82, 2.24) is 0 Å². The van der Waals surface area contributed by atoms with Crippen LogP contribution in [-0.4, -0.2) is 149 Å². The van der Waals surface area contributed by atoms with Gasteiger partial charge < -0.3 is 61.6 Å². The lowest BCUT2D eigenvalue weighted by molar-refractivity contribution is -0.362. The van der Waals surface area contributed by atoms with Crippen LogP contribution in [0.15, 0.2) is 0 Å². The Morgan fingerprint density at radius 1 is 0.439 bits per heavy atom. The number of ether oxygens (including phenoxy) is 13. The lowest BCUT2D eigenvalue weighted by Gasteiger charge is -2.48. The molecule has 2 saturated heterocycles. The van der Waals surface area contributed by atoms with Crippen molar-refractivity contribution in [2.45, 2.75) is 213 Å². The molecule has 0 aliphatic carbocycles. The first-order valence-electron chi connectivity index (χ1n) is 23.3. The maximum Gasteiger partial charge on any atom is 0.303 e. The van der Waals surface area contributed by atoms with E-state index in [4.69, 9.17) is 61.6 Å². The number of carbonyl (C=O) groups is 7. The molecular formula is C46H76O20. The quantitative estimate of drug-likeness (QED) is 0.0482. The predicted octanol–water partition coefficient (Wildman–Crippen LogP) is 5.14. The molecule has 0 unspecified atom stereocenters. The third kappa shape index (κ3) is 23.2. The maximum absolute atomic E-state index is 12.8. The van der Waals surface area contributed by atoms with Crippen molar-refractivity contribution in [3.63, 3.8) is 0 Å². The largest absolute Gasteiger partial charge is 0.463 e. The second-order valence-corrected chi connectivity index (χ2v) is 16.5. The highest BCUT2D eigenvalue weighted by Gasteiger charge is 2.57. The fraction of sp³-hybridized carbons (Fsp3) is 0.848. The number of rotatable bonds is 32. The van der Waals surface area contributed by atoms with Gasteiger partial charge in [-0.25, -0.2) is 0 Å². The predicted molar refractivity (Wildman–Crippen MR) is 231 cm³/mol. The van der Waals surface area contributed by atoms with Crippen LogP contribution in [0.3, 0.4) is 0 Å². The van der Waals surface area contributed by atoms with Crippen molar-refractivity contribution in [3.05, 3.63) is 0 Å². The molecular weight excluding hydrogens is 872 g/mol. The van der Waals surface area contributed by atoms with Gasteiger partial charge in [-0.2, -0.15) is 0 Å². The summed E-state index contributed by atoms with van der Waals surface area (Å²) in [7, 11) is 1.47. The Hall–Kier alpha value is -3.95.